The maximum absolute atomic E-state index is 13.1. The van der Waals surface area contributed by atoms with E-state index in [1.54, 1.807) is 4.90 Å². The molecule has 2 aromatic carbocycles. The number of nitrogens with zero attached hydrogens (tertiary/aromatic N) is 1. The molecule has 3 rings (SSSR count). The first kappa shape index (κ1) is 19.0. The van der Waals surface area contributed by atoms with Crippen molar-refractivity contribution in [1.29, 1.82) is 0 Å². The summed E-state index contributed by atoms with van der Waals surface area (Å²) in [4.78, 5) is 27.5. The molecule has 1 heterocycles. The normalized spacial score (nSPS) is 14.0. The van der Waals surface area contributed by atoms with Crippen molar-refractivity contribution in [2.45, 2.75) is 40.2 Å². The highest BCUT2D eigenvalue weighted by atomic mass is 16.2. The minimum atomic E-state index is -0.582. The van der Waals surface area contributed by atoms with Gasteiger partial charge in [-0.15, -0.1) is 0 Å². The summed E-state index contributed by atoms with van der Waals surface area (Å²) in [5.41, 5.74) is 4.93. The molecular weight excluding hydrogens is 338 g/mol. The second-order valence-corrected chi connectivity index (χ2v) is 7.51. The fourth-order valence-electron chi connectivity index (χ4n) is 3.42. The van der Waals surface area contributed by atoms with E-state index in [2.05, 4.69) is 10.6 Å². The van der Waals surface area contributed by atoms with Crippen molar-refractivity contribution in [2.24, 2.45) is 5.92 Å². The van der Waals surface area contributed by atoms with Gasteiger partial charge in [0, 0.05) is 17.9 Å². The SMILES string of the molecule is Cc1ccc(C)c(NC(=O)N[C@@H](C(=O)N2CCc3ccccc32)C(C)C)c1. The average Bonchev–Trinajstić information content (AvgIpc) is 3.06. The predicted molar refractivity (Wildman–Crippen MR) is 109 cm³/mol. The lowest BCUT2D eigenvalue weighted by atomic mass is 10.0. The maximum atomic E-state index is 13.1. The minimum absolute atomic E-state index is 0.0189. The molecule has 1 aliphatic rings. The van der Waals surface area contributed by atoms with Crippen LogP contribution in [0, 0.1) is 19.8 Å². The number of aryl methyl sites for hydroxylation is 2. The molecule has 0 radical (unpaired) electrons. The van der Waals surface area contributed by atoms with Gasteiger partial charge >= 0.3 is 6.03 Å². The number of carbonyl (C=O) groups excluding carboxylic acids is 2. The van der Waals surface area contributed by atoms with Crippen LogP contribution in [0.4, 0.5) is 16.2 Å². The standard InChI is InChI=1S/C22H27N3O2/c1-14(2)20(21(26)25-12-11-17-7-5-6-8-19(17)25)24-22(27)23-18-13-15(3)9-10-16(18)4/h5-10,13-14,20H,11-12H2,1-4H3,(H2,23,24,27)/t20-/m1/s1. The molecule has 5 heteroatoms. The number of rotatable bonds is 4. The number of hydrogen-bond donors (Lipinski definition) is 2. The summed E-state index contributed by atoms with van der Waals surface area (Å²) in [5.74, 6) is -0.0827. The van der Waals surface area contributed by atoms with Crippen LogP contribution < -0.4 is 15.5 Å². The topological polar surface area (TPSA) is 61.4 Å². The van der Waals surface area contributed by atoms with Crippen molar-refractivity contribution in [2.75, 3.05) is 16.8 Å². The van der Waals surface area contributed by atoms with Crippen LogP contribution >= 0.6 is 0 Å². The summed E-state index contributed by atoms with van der Waals surface area (Å²) in [5, 5.41) is 5.76. The van der Waals surface area contributed by atoms with Crippen LogP contribution in [-0.4, -0.2) is 24.5 Å². The van der Waals surface area contributed by atoms with E-state index in [9.17, 15) is 9.59 Å². The number of hydrogen-bond acceptors (Lipinski definition) is 2. The van der Waals surface area contributed by atoms with Gasteiger partial charge in [0.05, 0.1) is 0 Å². The third kappa shape index (κ3) is 4.13. The second kappa shape index (κ2) is 7.82. The Morgan fingerprint density at radius 1 is 1.07 bits per heavy atom. The fraction of sp³-hybridized carbons (Fsp3) is 0.364. The van der Waals surface area contributed by atoms with Crippen LogP contribution in [0.15, 0.2) is 42.5 Å². The first-order chi connectivity index (χ1) is 12.9. The monoisotopic (exact) mass is 365 g/mol. The quantitative estimate of drug-likeness (QED) is 0.859. The highest BCUT2D eigenvalue weighted by Crippen LogP contribution is 2.28. The second-order valence-electron chi connectivity index (χ2n) is 7.51. The van der Waals surface area contributed by atoms with Gasteiger partial charge in [-0.2, -0.15) is 0 Å². The van der Waals surface area contributed by atoms with E-state index in [-0.39, 0.29) is 17.9 Å². The van der Waals surface area contributed by atoms with Crippen molar-refractivity contribution < 1.29 is 9.59 Å². The number of urea groups is 1. The van der Waals surface area contributed by atoms with Gasteiger partial charge in [0.25, 0.3) is 0 Å². The Kier molecular flexibility index (Phi) is 5.49. The summed E-state index contributed by atoms with van der Waals surface area (Å²) in [7, 11) is 0. The molecule has 0 spiro atoms. The van der Waals surface area contributed by atoms with E-state index in [1.165, 1.54) is 5.56 Å². The molecule has 0 unspecified atom stereocenters. The summed E-state index contributed by atoms with van der Waals surface area (Å²) < 4.78 is 0. The number of carbonyl (C=O) groups is 2. The van der Waals surface area contributed by atoms with E-state index < -0.39 is 6.04 Å². The highest BCUT2D eigenvalue weighted by Gasteiger charge is 2.32. The van der Waals surface area contributed by atoms with Gasteiger partial charge in [-0.3, -0.25) is 4.79 Å². The summed E-state index contributed by atoms with van der Waals surface area (Å²) >= 11 is 0. The molecule has 1 aliphatic heterocycles. The number of para-hydroxylation sites is 1. The van der Waals surface area contributed by atoms with Crippen molar-refractivity contribution in [3.63, 3.8) is 0 Å². The highest BCUT2D eigenvalue weighted by molar-refractivity contribution is 6.02. The number of nitrogens with one attached hydrogen (secondary N) is 2. The molecular formula is C22H27N3O2. The van der Waals surface area contributed by atoms with Gasteiger partial charge in [-0.1, -0.05) is 44.2 Å². The molecule has 142 valence electrons. The van der Waals surface area contributed by atoms with Crippen molar-refractivity contribution >= 4 is 23.3 Å². The Morgan fingerprint density at radius 2 is 1.81 bits per heavy atom. The largest absolute Gasteiger partial charge is 0.326 e. The molecule has 3 amide bonds. The van der Waals surface area contributed by atoms with Crippen molar-refractivity contribution in [3.05, 3.63) is 59.2 Å². The van der Waals surface area contributed by atoms with Crippen LogP contribution in [0.1, 0.15) is 30.5 Å². The van der Waals surface area contributed by atoms with Gasteiger partial charge in [0.1, 0.15) is 6.04 Å². The number of amides is 3. The summed E-state index contributed by atoms with van der Waals surface area (Å²) in [6.45, 7) is 8.47. The first-order valence-electron chi connectivity index (χ1n) is 9.41. The lowest BCUT2D eigenvalue weighted by Gasteiger charge is -2.27. The first-order valence-corrected chi connectivity index (χ1v) is 9.41. The smallest absolute Gasteiger partial charge is 0.319 e. The molecule has 0 aromatic heterocycles. The molecule has 1 atom stereocenters. The van der Waals surface area contributed by atoms with Crippen LogP contribution in [0.3, 0.4) is 0 Å². The minimum Gasteiger partial charge on any atom is -0.326 e. The molecule has 0 fully saturated rings. The van der Waals surface area contributed by atoms with Gasteiger partial charge in [-0.05, 0) is 55.0 Å². The van der Waals surface area contributed by atoms with Crippen LogP contribution in [0.5, 0.6) is 0 Å². The van der Waals surface area contributed by atoms with E-state index in [0.29, 0.717) is 6.54 Å². The molecule has 2 N–H and O–H groups in total. The van der Waals surface area contributed by atoms with Gasteiger partial charge in [0.2, 0.25) is 5.91 Å². The number of benzene rings is 2. The van der Waals surface area contributed by atoms with E-state index in [1.807, 2.05) is 70.2 Å². The molecule has 5 nitrogen and oxygen atoms in total. The van der Waals surface area contributed by atoms with Crippen molar-refractivity contribution in [1.82, 2.24) is 5.32 Å². The number of anilines is 2. The van der Waals surface area contributed by atoms with E-state index in [4.69, 9.17) is 0 Å². The average molecular weight is 365 g/mol. The van der Waals surface area contributed by atoms with Crippen LogP contribution in [0.2, 0.25) is 0 Å². The third-order valence-electron chi connectivity index (χ3n) is 5.01. The summed E-state index contributed by atoms with van der Waals surface area (Å²) in [6, 6.07) is 12.9. The lowest BCUT2D eigenvalue weighted by Crippen LogP contribution is -2.52. The predicted octanol–water partition coefficient (Wildman–Crippen LogP) is 4.04. The van der Waals surface area contributed by atoms with Crippen molar-refractivity contribution in [3.8, 4) is 0 Å². The maximum Gasteiger partial charge on any atom is 0.319 e. The van der Waals surface area contributed by atoms with Crippen LogP contribution in [-0.2, 0) is 11.2 Å². The fourth-order valence-corrected chi connectivity index (χ4v) is 3.42. The zero-order valence-electron chi connectivity index (χ0n) is 16.4. The van der Waals surface area contributed by atoms with E-state index >= 15 is 0 Å². The molecule has 0 saturated heterocycles. The molecule has 0 bridgehead atoms. The Balaban J connectivity index is 1.73. The molecule has 27 heavy (non-hydrogen) atoms. The number of fused-ring (bicyclic) bond motifs is 1. The molecule has 2 aromatic rings. The Bertz CT molecular complexity index is 860. The van der Waals surface area contributed by atoms with Gasteiger partial charge in [-0.25, -0.2) is 4.79 Å². The van der Waals surface area contributed by atoms with E-state index in [0.717, 1.165) is 28.9 Å². The van der Waals surface area contributed by atoms with Crippen LogP contribution in [0.25, 0.3) is 0 Å². The zero-order chi connectivity index (χ0) is 19.6. The third-order valence-corrected chi connectivity index (χ3v) is 5.01. The summed E-state index contributed by atoms with van der Waals surface area (Å²) in [6.07, 6.45) is 0.849. The Morgan fingerprint density at radius 3 is 2.56 bits per heavy atom. The lowest BCUT2D eigenvalue weighted by molar-refractivity contribution is -0.121. The molecule has 0 aliphatic carbocycles. The van der Waals surface area contributed by atoms with Gasteiger partial charge < -0.3 is 15.5 Å². The Hall–Kier alpha value is -2.82. The molecule has 0 saturated carbocycles. The zero-order valence-corrected chi connectivity index (χ0v) is 16.4. The van der Waals surface area contributed by atoms with Gasteiger partial charge in [0.15, 0.2) is 0 Å². The Labute approximate surface area is 160 Å².